The Kier molecular flexibility index (Phi) is 5.11. The molecule has 2 rings (SSSR count). The van der Waals surface area contributed by atoms with Gasteiger partial charge in [-0.3, -0.25) is 9.88 Å². The summed E-state index contributed by atoms with van der Waals surface area (Å²) in [7, 11) is 0. The Labute approximate surface area is 113 Å². The summed E-state index contributed by atoms with van der Waals surface area (Å²) < 4.78 is 5.31. The maximum Gasteiger partial charge on any atom is 0.319 e. The van der Waals surface area contributed by atoms with Crippen LogP contribution >= 0.6 is 0 Å². The molecule has 0 unspecified atom stereocenters. The highest BCUT2D eigenvalue weighted by Crippen LogP contribution is 2.04. The second-order valence-corrected chi connectivity index (χ2v) is 4.57. The third kappa shape index (κ3) is 4.50. The van der Waals surface area contributed by atoms with Crippen LogP contribution < -0.4 is 10.6 Å². The van der Waals surface area contributed by atoms with Crippen molar-refractivity contribution in [3.05, 3.63) is 24.5 Å². The molecule has 19 heavy (non-hydrogen) atoms. The fourth-order valence-electron chi connectivity index (χ4n) is 2.00. The van der Waals surface area contributed by atoms with Crippen molar-refractivity contribution in [2.24, 2.45) is 0 Å². The van der Waals surface area contributed by atoms with Crippen LogP contribution in [0.5, 0.6) is 0 Å². The molecule has 1 aromatic heterocycles. The number of amides is 2. The van der Waals surface area contributed by atoms with Gasteiger partial charge in [0.25, 0.3) is 0 Å². The van der Waals surface area contributed by atoms with Crippen LogP contribution in [0.1, 0.15) is 6.92 Å². The lowest BCUT2D eigenvalue weighted by atomic mass is 10.2. The summed E-state index contributed by atoms with van der Waals surface area (Å²) in [6.07, 6.45) is 3.29. The molecule has 1 fully saturated rings. The van der Waals surface area contributed by atoms with Crippen molar-refractivity contribution >= 4 is 11.7 Å². The van der Waals surface area contributed by atoms with Crippen molar-refractivity contribution in [2.75, 3.05) is 38.2 Å². The van der Waals surface area contributed by atoms with Crippen LogP contribution in [0.15, 0.2) is 24.5 Å². The van der Waals surface area contributed by atoms with Crippen molar-refractivity contribution in [2.45, 2.75) is 13.0 Å². The Morgan fingerprint density at radius 3 is 3.00 bits per heavy atom. The molecule has 1 saturated heterocycles. The van der Waals surface area contributed by atoms with E-state index >= 15 is 0 Å². The molecule has 1 aliphatic rings. The Balaban J connectivity index is 1.71. The first-order chi connectivity index (χ1) is 9.25. The average Bonchev–Trinajstić information content (AvgIpc) is 2.47. The molecule has 1 atom stereocenters. The van der Waals surface area contributed by atoms with E-state index in [0.29, 0.717) is 18.3 Å². The Morgan fingerprint density at radius 2 is 2.32 bits per heavy atom. The third-order valence-corrected chi connectivity index (χ3v) is 3.15. The fourth-order valence-corrected chi connectivity index (χ4v) is 2.00. The third-order valence-electron chi connectivity index (χ3n) is 3.15. The number of carbonyl (C=O) groups is 1. The highest BCUT2D eigenvalue weighted by Gasteiger charge is 2.17. The number of aromatic nitrogens is 1. The van der Waals surface area contributed by atoms with Gasteiger partial charge in [-0.15, -0.1) is 0 Å². The maximum atomic E-state index is 11.7. The monoisotopic (exact) mass is 264 g/mol. The maximum absolute atomic E-state index is 11.7. The number of rotatable bonds is 4. The molecule has 1 aromatic rings. The number of hydrogen-bond donors (Lipinski definition) is 2. The molecular formula is C13H20N4O2. The van der Waals surface area contributed by atoms with Crippen LogP contribution in [0, 0.1) is 0 Å². The van der Waals surface area contributed by atoms with E-state index in [-0.39, 0.29) is 6.03 Å². The van der Waals surface area contributed by atoms with Crippen molar-refractivity contribution < 1.29 is 9.53 Å². The SMILES string of the molecule is C[C@@H](CNC(=O)Nc1cccnc1)N1CCOCC1. The molecule has 6 nitrogen and oxygen atoms in total. The lowest BCUT2D eigenvalue weighted by molar-refractivity contribution is 0.0209. The summed E-state index contributed by atoms with van der Waals surface area (Å²) in [4.78, 5) is 18.0. The number of morpholine rings is 1. The van der Waals surface area contributed by atoms with Gasteiger partial charge in [-0.05, 0) is 19.1 Å². The van der Waals surface area contributed by atoms with Crippen LogP contribution in [0.2, 0.25) is 0 Å². The zero-order valence-electron chi connectivity index (χ0n) is 11.1. The Hall–Kier alpha value is -1.66. The first kappa shape index (κ1) is 13.8. The van der Waals surface area contributed by atoms with E-state index in [4.69, 9.17) is 4.74 Å². The minimum Gasteiger partial charge on any atom is -0.379 e. The van der Waals surface area contributed by atoms with E-state index in [1.54, 1.807) is 24.5 Å². The molecule has 104 valence electrons. The number of ether oxygens (including phenoxy) is 1. The predicted molar refractivity (Wildman–Crippen MR) is 73.1 cm³/mol. The standard InChI is InChI=1S/C13H20N4O2/c1-11(17-5-7-19-8-6-17)9-15-13(18)16-12-3-2-4-14-10-12/h2-4,10-11H,5-9H2,1H3,(H2,15,16,18)/t11-/m0/s1. The summed E-state index contributed by atoms with van der Waals surface area (Å²) >= 11 is 0. The lowest BCUT2D eigenvalue weighted by Gasteiger charge is -2.32. The van der Waals surface area contributed by atoms with Gasteiger partial charge >= 0.3 is 6.03 Å². The summed E-state index contributed by atoms with van der Waals surface area (Å²) in [5.41, 5.74) is 0.694. The van der Waals surface area contributed by atoms with Crippen molar-refractivity contribution in [3.63, 3.8) is 0 Å². The van der Waals surface area contributed by atoms with E-state index in [1.807, 2.05) is 0 Å². The zero-order chi connectivity index (χ0) is 13.5. The molecule has 0 saturated carbocycles. The molecular weight excluding hydrogens is 244 g/mol. The minimum atomic E-state index is -0.201. The molecule has 0 aliphatic carbocycles. The van der Waals surface area contributed by atoms with E-state index in [0.717, 1.165) is 26.3 Å². The second kappa shape index (κ2) is 7.06. The molecule has 2 amide bonds. The molecule has 0 spiro atoms. The number of carbonyl (C=O) groups excluding carboxylic acids is 1. The topological polar surface area (TPSA) is 66.5 Å². The molecule has 0 bridgehead atoms. The number of pyridine rings is 1. The largest absolute Gasteiger partial charge is 0.379 e. The van der Waals surface area contributed by atoms with E-state index in [1.165, 1.54) is 0 Å². The summed E-state index contributed by atoms with van der Waals surface area (Å²) in [5, 5.41) is 5.61. The van der Waals surface area contributed by atoms with Gasteiger partial charge in [0.05, 0.1) is 25.1 Å². The zero-order valence-corrected chi connectivity index (χ0v) is 11.1. The van der Waals surface area contributed by atoms with Crippen LogP contribution in [0.3, 0.4) is 0 Å². The van der Waals surface area contributed by atoms with E-state index < -0.39 is 0 Å². The van der Waals surface area contributed by atoms with Crippen LogP contribution in [0.4, 0.5) is 10.5 Å². The number of urea groups is 1. The van der Waals surface area contributed by atoms with Gasteiger partial charge in [0, 0.05) is 31.9 Å². The number of nitrogens with one attached hydrogen (secondary N) is 2. The van der Waals surface area contributed by atoms with E-state index in [9.17, 15) is 4.79 Å². The van der Waals surface area contributed by atoms with Gasteiger partial charge in [0.1, 0.15) is 0 Å². The van der Waals surface area contributed by atoms with Crippen LogP contribution in [-0.2, 0) is 4.74 Å². The van der Waals surface area contributed by atoms with Crippen molar-refractivity contribution in [1.29, 1.82) is 0 Å². The first-order valence-electron chi connectivity index (χ1n) is 6.52. The van der Waals surface area contributed by atoms with Gasteiger partial charge in [-0.1, -0.05) is 0 Å². The van der Waals surface area contributed by atoms with Crippen LogP contribution in [0.25, 0.3) is 0 Å². The summed E-state index contributed by atoms with van der Waals surface area (Å²) in [6.45, 7) is 6.11. The molecule has 6 heteroatoms. The van der Waals surface area contributed by atoms with Crippen LogP contribution in [-0.4, -0.2) is 54.8 Å². The molecule has 0 aromatic carbocycles. The number of hydrogen-bond acceptors (Lipinski definition) is 4. The molecule has 2 heterocycles. The van der Waals surface area contributed by atoms with Gasteiger partial charge in [-0.2, -0.15) is 0 Å². The molecule has 0 radical (unpaired) electrons. The average molecular weight is 264 g/mol. The van der Waals surface area contributed by atoms with Gasteiger partial charge < -0.3 is 15.4 Å². The van der Waals surface area contributed by atoms with Gasteiger partial charge in [0.15, 0.2) is 0 Å². The van der Waals surface area contributed by atoms with Gasteiger partial charge in [0.2, 0.25) is 0 Å². The van der Waals surface area contributed by atoms with Crippen molar-refractivity contribution in [1.82, 2.24) is 15.2 Å². The predicted octanol–water partition coefficient (Wildman–Crippen LogP) is 0.924. The number of nitrogens with zero attached hydrogens (tertiary/aromatic N) is 2. The highest BCUT2D eigenvalue weighted by atomic mass is 16.5. The van der Waals surface area contributed by atoms with Gasteiger partial charge in [-0.25, -0.2) is 4.79 Å². The molecule has 2 N–H and O–H groups in total. The Morgan fingerprint density at radius 1 is 1.53 bits per heavy atom. The van der Waals surface area contributed by atoms with E-state index in [2.05, 4.69) is 27.4 Å². The smallest absolute Gasteiger partial charge is 0.319 e. The minimum absolute atomic E-state index is 0.201. The fraction of sp³-hybridized carbons (Fsp3) is 0.538. The highest BCUT2D eigenvalue weighted by molar-refractivity contribution is 5.88. The lowest BCUT2D eigenvalue weighted by Crippen LogP contribution is -2.47. The second-order valence-electron chi connectivity index (χ2n) is 4.57. The molecule has 1 aliphatic heterocycles. The first-order valence-corrected chi connectivity index (χ1v) is 6.52. The summed E-state index contributed by atoms with van der Waals surface area (Å²) in [6, 6.07) is 3.70. The quantitative estimate of drug-likeness (QED) is 0.849. The Bertz CT molecular complexity index is 393. The summed E-state index contributed by atoms with van der Waals surface area (Å²) in [5.74, 6) is 0. The normalized spacial score (nSPS) is 17.7. The van der Waals surface area contributed by atoms with Crippen molar-refractivity contribution in [3.8, 4) is 0 Å². The number of anilines is 1.